The number of ether oxygens (including phenoxy) is 1. The van der Waals surface area contributed by atoms with Gasteiger partial charge in [-0.25, -0.2) is 0 Å². The van der Waals surface area contributed by atoms with Crippen molar-refractivity contribution in [1.82, 2.24) is 4.90 Å². The van der Waals surface area contributed by atoms with E-state index in [1.54, 1.807) is 0 Å². The van der Waals surface area contributed by atoms with Crippen LogP contribution >= 0.6 is 0 Å². The zero-order valence-corrected chi connectivity index (χ0v) is 11.6. The summed E-state index contributed by atoms with van der Waals surface area (Å²) in [5.74, 6) is -0.346. The third-order valence-corrected chi connectivity index (χ3v) is 3.28. The number of esters is 1. The van der Waals surface area contributed by atoms with Crippen LogP contribution in [0.3, 0.4) is 0 Å². The van der Waals surface area contributed by atoms with Gasteiger partial charge in [0.2, 0.25) is 5.91 Å². The van der Waals surface area contributed by atoms with Gasteiger partial charge in [0.15, 0.2) is 0 Å². The minimum absolute atomic E-state index is 0.102. The standard InChI is InChI=1S/C14H25NO3/c1-3-5-6-7-8-15-11-12(10-13(15)16)14(17)18-9-4-2/h12H,3-11H2,1-2H3. The van der Waals surface area contributed by atoms with E-state index in [0.717, 1.165) is 25.8 Å². The Morgan fingerprint density at radius 3 is 2.72 bits per heavy atom. The quantitative estimate of drug-likeness (QED) is 0.494. The molecule has 0 saturated carbocycles. The number of nitrogens with zero attached hydrogens (tertiary/aromatic N) is 1. The summed E-state index contributed by atoms with van der Waals surface area (Å²) in [6.45, 7) is 5.93. The van der Waals surface area contributed by atoms with Gasteiger partial charge in [0.1, 0.15) is 0 Å². The Labute approximate surface area is 110 Å². The molecule has 0 aromatic heterocycles. The molecule has 18 heavy (non-hydrogen) atoms. The Kier molecular flexibility index (Phi) is 6.76. The summed E-state index contributed by atoms with van der Waals surface area (Å²) in [7, 11) is 0. The van der Waals surface area contributed by atoms with Gasteiger partial charge < -0.3 is 9.64 Å². The molecule has 4 heteroatoms. The fourth-order valence-corrected chi connectivity index (χ4v) is 2.20. The fraction of sp³-hybridized carbons (Fsp3) is 0.857. The van der Waals surface area contributed by atoms with Crippen molar-refractivity contribution in [2.24, 2.45) is 5.92 Å². The Morgan fingerprint density at radius 2 is 2.06 bits per heavy atom. The van der Waals surface area contributed by atoms with Gasteiger partial charge in [-0.2, -0.15) is 0 Å². The number of amides is 1. The van der Waals surface area contributed by atoms with Crippen molar-refractivity contribution in [2.75, 3.05) is 19.7 Å². The largest absolute Gasteiger partial charge is 0.465 e. The van der Waals surface area contributed by atoms with E-state index < -0.39 is 0 Å². The van der Waals surface area contributed by atoms with Crippen molar-refractivity contribution in [3.8, 4) is 0 Å². The van der Waals surface area contributed by atoms with E-state index >= 15 is 0 Å². The molecule has 1 saturated heterocycles. The molecule has 1 aliphatic heterocycles. The molecule has 0 bridgehead atoms. The van der Waals surface area contributed by atoms with E-state index in [2.05, 4.69) is 6.92 Å². The van der Waals surface area contributed by atoms with Crippen LogP contribution in [0, 0.1) is 5.92 Å². The Morgan fingerprint density at radius 1 is 1.28 bits per heavy atom. The molecule has 4 nitrogen and oxygen atoms in total. The lowest BCUT2D eigenvalue weighted by Crippen LogP contribution is -2.27. The fourth-order valence-electron chi connectivity index (χ4n) is 2.20. The second kappa shape index (κ2) is 8.11. The van der Waals surface area contributed by atoms with Crippen LogP contribution in [0.15, 0.2) is 0 Å². The van der Waals surface area contributed by atoms with Gasteiger partial charge in [-0.05, 0) is 12.8 Å². The van der Waals surface area contributed by atoms with Gasteiger partial charge in [-0.3, -0.25) is 9.59 Å². The summed E-state index contributed by atoms with van der Waals surface area (Å²) in [4.78, 5) is 25.2. The first-order chi connectivity index (χ1) is 8.69. The van der Waals surface area contributed by atoms with Crippen molar-refractivity contribution >= 4 is 11.9 Å². The highest BCUT2D eigenvalue weighted by Gasteiger charge is 2.34. The molecule has 0 N–H and O–H groups in total. The molecule has 1 aliphatic rings. The summed E-state index contributed by atoms with van der Waals surface area (Å²) in [6, 6.07) is 0. The van der Waals surface area contributed by atoms with E-state index in [-0.39, 0.29) is 17.8 Å². The lowest BCUT2D eigenvalue weighted by Gasteiger charge is -2.16. The molecule has 1 unspecified atom stereocenters. The first kappa shape index (κ1) is 15.0. The molecule has 0 spiro atoms. The third kappa shape index (κ3) is 4.67. The molecular weight excluding hydrogens is 230 g/mol. The van der Waals surface area contributed by atoms with E-state index in [9.17, 15) is 9.59 Å². The molecule has 1 amide bonds. The predicted molar refractivity (Wildman–Crippen MR) is 70.1 cm³/mol. The first-order valence-corrected chi connectivity index (χ1v) is 7.13. The second-order valence-electron chi connectivity index (χ2n) is 4.97. The maximum atomic E-state index is 11.7. The van der Waals surface area contributed by atoms with Crippen molar-refractivity contribution in [1.29, 1.82) is 0 Å². The molecule has 1 rings (SSSR count). The number of hydrogen-bond donors (Lipinski definition) is 0. The zero-order chi connectivity index (χ0) is 13.4. The van der Waals surface area contributed by atoms with E-state index in [4.69, 9.17) is 4.74 Å². The normalized spacial score (nSPS) is 19.3. The van der Waals surface area contributed by atoms with Crippen molar-refractivity contribution in [3.63, 3.8) is 0 Å². The van der Waals surface area contributed by atoms with Gasteiger partial charge in [0.05, 0.1) is 12.5 Å². The zero-order valence-electron chi connectivity index (χ0n) is 11.6. The van der Waals surface area contributed by atoms with Gasteiger partial charge in [-0.1, -0.05) is 33.1 Å². The minimum atomic E-state index is -0.241. The number of likely N-dealkylation sites (tertiary alicyclic amines) is 1. The number of rotatable bonds is 8. The monoisotopic (exact) mass is 255 g/mol. The summed E-state index contributed by atoms with van der Waals surface area (Å²) < 4.78 is 5.10. The Bertz CT molecular complexity index is 278. The number of carbonyl (C=O) groups is 2. The highest BCUT2D eigenvalue weighted by Crippen LogP contribution is 2.20. The van der Waals surface area contributed by atoms with Crippen molar-refractivity contribution in [2.45, 2.75) is 52.4 Å². The van der Waals surface area contributed by atoms with Gasteiger partial charge in [0, 0.05) is 19.5 Å². The molecule has 0 aromatic rings. The average Bonchev–Trinajstić information content (AvgIpc) is 2.73. The van der Waals surface area contributed by atoms with Gasteiger partial charge in [-0.15, -0.1) is 0 Å². The van der Waals surface area contributed by atoms with E-state index in [1.165, 1.54) is 12.8 Å². The van der Waals surface area contributed by atoms with Gasteiger partial charge >= 0.3 is 5.97 Å². The smallest absolute Gasteiger partial charge is 0.311 e. The molecule has 1 fully saturated rings. The van der Waals surface area contributed by atoms with Gasteiger partial charge in [0.25, 0.3) is 0 Å². The Hall–Kier alpha value is -1.06. The van der Waals surface area contributed by atoms with Crippen LogP contribution < -0.4 is 0 Å². The number of hydrogen-bond acceptors (Lipinski definition) is 3. The van der Waals surface area contributed by atoms with Crippen LogP contribution in [-0.4, -0.2) is 36.5 Å². The van der Waals surface area contributed by atoms with Crippen LogP contribution in [0.25, 0.3) is 0 Å². The van der Waals surface area contributed by atoms with Crippen molar-refractivity contribution in [3.05, 3.63) is 0 Å². The number of unbranched alkanes of at least 4 members (excludes halogenated alkanes) is 3. The van der Waals surface area contributed by atoms with Crippen LogP contribution in [0.2, 0.25) is 0 Å². The topological polar surface area (TPSA) is 46.6 Å². The molecule has 1 heterocycles. The summed E-state index contributed by atoms with van der Waals surface area (Å²) in [5, 5.41) is 0. The molecule has 1 atom stereocenters. The molecular formula is C14H25NO3. The highest BCUT2D eigenvalue weighted by molar-refractivity contribution is 5.86. The maximum absolute atomic E-state index is 11.7. The molecule has 0 radical (unpaired) electrons. The van der Waals surface area contributed by atoms with Crippen molar-refractivity contribution < 1.29 is 14.3 Å². The second-order valence-corrected chi connectivity index (χ2v) is 4.97. The predicted octanol–water partition coefficient (Wildman–Crippen LogP) is 2.37. The lowest BCUT2D eigenvalue weighted by atomic mass is 10.1. The highest BCUT2D eigenvalue weighted by atomic mass is 16.5. The van der Waals surface area contributed by atoms with Crippen LogP contribution in [0.1, 0.15) is 52.4 Å². The summed E-state index contributed by atoms with van der Waals surface area (Å²) >= 11 is 0. The minimum Gasteiger partial charge on any atom is -0.465 e. The average molecular weight is 255 g/mol. The molecule has 0 aromatic carbocycles. The van der Waals surface area contributed by atoms with E-state index in [0.29, 0.717) is 19.6 Å². The van der Waals surface area contributed by atoms with Crippen LogP contribution in [0.4, 0.5) is 0 Å². The Balaban J connectivity index is 2.27. The summed E-state index contributed by atoms with van der Waals surface area (Å²) in [5.41, 5.74) is 0. The maximum Gasteiger partial charge on any atom is 0.311 e. The molecule has 0 aliphatic carbocycles. The SMILES string of the molecule is CCCCCCN1CC(C(=O)OCCC)CC1=O. The lowest BCUT2D eigenvalue weighted by molar-refractivity contribution is -0.148. The first-order valence-electron chi connectivity index (χ1n) is 7.13. The number of carbonyl (C=O) groups excluding carboxylic acids is 2. The van der Waals surface area contributed by atoms with Crippen LogP contribution in [-0.2, 0) is 14.3 Å². The summed E-state index contributed by atoms with van der Waals surface area (Å²) in [6.07, 6.45) is 5.76. The molecule has 104 valence electrons. The van der Waals surface area contributed by atoms with Crippen LogP contribution in [0.5, 0.6) is 0 Å². The van der Waals surface area contributed by atoms with E-state index in [1.807, 2.05) is 11.8 Å². The third-order valence-electron chi connectivity index (χ3n) is 3.28.